The second kappa shape index (κ2) is 28.8. The van der Waals surface area contributed by atoms with Crippen LogP contribution in [-0.2, 0) is 0 Å². The molecule has 1 aromatic heterocycles. The number of hydrogen-bond acceptors (Lipinski definition) is 4. The molecule has 0 radical (unpaired) electrons. The zero-order valence-electron chi connectivity index (χ0n) is 58.2. The second-order valence-electron chi connectivity index (χ2n) is 26.8. The van der Waals surface area contributed by atoms with Crippen LogP contribution in [0, 0.1) is 0 Å². The molecular weight excluding hydrogens is 1280 g/mol. The highest BCUT2D eigenvalue weighted by atomic mass is 16.3. The molecule has 4 heteroatoms. The number of hydrogen-bond donors (Lipinski definition) is 0. The topological polar surface area (TPSA) is 22.9 Å². The number of nitrogens with zero attached hydrogens (tertiary/aromatic N) is 3. The first-order valence-corrected chi connectivity index (χ1v) is 36.2. The molecule has 0 aliphatic rings. The lowest BCUT2D eigenvalue weighted by Gasteiger charge is -2.26. The third-order valence-corrected chi connectivity index (χ3v) is 20.3. The largest absolute Gasteiger partial charge is 0.455 e. The molecule has 0 bridgehead atoms. The van der Waals surface area contributed by atoms with Crippen LogP contribution in [0.4, 0.5) is 51.2 Å². The van der Waals surface area contributed by atoms with Gasteiger partial charge in [-0.15, -0.1) is 0 Å². The van der Waals surface area contributed by atoms with Crippen LogP contribution in [-0.4, -0.2) is 0 Å². The fourth-order valence-corrected chi connectivity index (χ4v) is 14.8. The molecule has 0 saturated heterocycles. The molecule has 18 aromatic rings. The number of furan rings is 1. The van der Waals surface area contributed by atoms with E-state index in [2.05, 4.69) is 445 Å². The maximum absolute atomic E-state index is 7.15. The summed E-state index contributed by atoms with van der Waals surface area (Å²) in [5.41, 5.74) is 31.7. The lowest BCUT2D eigenvalue weighted by atomic mass is 9.94. The van der Waals surface area contributed by atoms with E-state index in [1.807, 2.05) is 0 Å². The summed E-state index contributed by atoms with van der Waals surface area (Å²) in [5, 5.41) is 2.08. The quantitative estimate of drug-likeness (QED) is 0.0854. The smallest absolute Gasteiger partial charge is 0.143 e. The van der Waals surface area contributed by atoms with Crippen molar-refractivity contribution in [2.45, 2.75) is 0 Å². The van der Waals surface area contributed by atoms with Gasteiger partial charge in [0.15, 0.2) is 0 Å². The molecule has 0 atom stereocenters. The van der Waals surface area contributed by atoms with E-state index < -0.39 is 0 Å². The van der Waals surface area contributed by atoms with Gasteiger partial charge in [-0.3, -0.25) is 0 Å². The Morgan fingerprint density at radius 2 is 0.330 bits per heavy atom. The summed E-state index contributed by atoms with van der Waals surface area (Å²) < 4.78 is 7.15. The summed E-state index contributed by atoms with van der Waals surface area (Å²) in [5.74, 6) is 0. The fourth-order valence-electron chi connectivity index (χ4n) is 14.8. The molecule has 0 saturated carbocycles. The molecule has 0 N–H and O–H groups in total. The van der Waals surface area contributed by atoms with Crippen LogP contribution in [0.1, 0.15) is 0 Å². The molecule has 4 nitrogen and oxygen atoms in total. The predicted molar refractivity (Wildman–Crippen MR) is 447 cm³/mol. The predicted octanol–water partition coefficient (Wildman–Crippen LogP) is 29.0. The van der Waals surface area contributed by atoms with E-state index in [0.717, 1.165) is 107 Å². The number of fused-ring (bicyclic) bond motifs is 3. The fraction of sp³-hybridized carbons (Fsp3) is 0. The highest BCUT2D eigenvalue weighted by Gasteiger charge is 2.22. The van der Waals surface area contributed by atoms with Crippen LogP contribution in [0.5, 0.6) is 0 Å². The first kappa shape index (κ1) is 64.1. The molecule has 0 aliphatic heterocycles. The Morgan fingerprint density at radius 3 is 0.575 bits per heavy atom. The second-order valence-corrected chi connectivity index (χ2v) is 26.8. The first-order chi connectivity index (χ1) is 52.5. The van der Waals surface area contributed by atoms with Crippen LogP contribution in [0.2, 0.25) is 0 Å². The molecule has 18 rings (SSSR count). The van der Waals surface area contributed by atoms with Crippen LogP contribution < -0.4 is 14.7 Å². The zero-order valence-corrected chi connectivity index (χ0v) is 58.2. The Bertz CT molecular complexity index is 5750. The minimum atomic E-state index is 0.820. The van der Waals surface area contributed by atoms with Gasteiger partial charge in [-0.25, -0.2) is 0 Å². The van der Waals surface area contributed by atoms with E-state index in [0.29, 0.717) is 0 Å². The summed E-state index contributed by atoms with van der Waals surface area (Å²) in [6, 6.07) is 155. The molecule has 0 fully saturated rings. The number of anilines is 9. The van der Waals surface area contributed by atoms with Crippen molar-refractivity contribution in [2.24, 2.45) is 0 Å². The minimum Gasteiger partial charge on any atom is -0.455 e. The van der Waals surface area contributed by atoms with Crippen molar-refractivity contribution in [3.8, 4) is 100 Å². The van der Waals surface area contributed by atoms with E-state index >= 15 is 0 Å². The summed E-state index contributed by atoms with van der Waals surface area (Å²) in [6.45, 7) is 0. The Balaban J connectivity index is 0.737. The monoisotopic (exact) mass is 1350 g/mol. The van der Waals surface area contributed by atoms with Crippen molar-refractivity contribution in [3.63, 3.8) is 0 Å². The molecule has 1 heterocycles. The van der Waals surface area contributed by atoms with E-state index in [1.165, 1.54) is 66.8 Å². The minimum absolute atomic E-state index is 0.820. The highest BCUT2D eigenvalue weighted by Crippen LogP contribution is 2.46. The average molecular weight is 1350 g/mol. The van der Waals surface area contributed by atoms with Crippen molar-refractivity contribution in [1.29, 1.82) is 0 Å². The van der Waals surface area contributed by atoms with Gasteiger partial charge in [0.05, 0.1) is 0 Å². The van der Waals surface area contributed by atoms with Gasteiger partial charge in [-0.2, -0.15) is 0 Å². The lowest BCUT2D eigenvalue weighted by Crippen LogP contribution is -2.09. The third kappa shape index (κ3) is 13.1. The standard InChI is InChI=1S/C102H71N3O/c1-7-19-72(20-8-1)78-31-50-89(51-32-78)103(90-52-33-79(34-53-90)73-21-9-2-10-22-73)95-62-43-84(44-63-95)87-49-68-101-99(69-87)100-71-88(85-45-64-96(65-46-85)104(91-54-35-80(36-55-91)74-23-11-3-12-24-74)92-56-37-81(38-57-92)75-25-13-4-14-26-75)70-98(102(100)106-101)86-47-66-97(67-48-86)105(93-58-39-82(40-59-93)76-27-15-5-16-28-76)94-60-41-83(42-61-94)77-29-17-6-18-30-77/h1-71H. The van der Waals surface area contributed by atoms with Gasteiger partial charge in [-0.1, -0.05) is 297 Å². The van der Waals surface area contributed by atoms with Gasteiger partial charge in [0.25, 0.3) is 0 Å². The summed E-state index contributed by atoms with van der Waals surface area (Å²) >= 11 is 0. The van der Waals surface area contributed by atoms with Gasteiger partial charge in [-0.05, 0) is 228 Å². The normalized spacial score (nSPS) is 11.2. The Kier molecular flexibility index (Phi) is 17.4. The van der Waals surface area contributed by atoms with E-state index in [4.69, 9.17) is 4.42 Å². The SMILES string of the molecule is c1ccc(-c2ccc(N(c3ccc(-c4ccccc4)cc3)c3ccc(-c4ccc5oc6c(-c7ccc(N(c8ccc(-c9ccccc9)cc8)c8ccc(-c9ccccc9)cc8)cc7)cc(-c7ccc(N(c8ccc(-c9ccccc9)cc8)c8ccc(-c9ccccc9)cc8)cc7)cc6c5c4)cc3)cc2)cc1. The Morgan fingerprint density at radius 1 is 0.142 bits per heavy atom. The van der Waals surface area contributed by atoms with Gasteiger partial charge >= 0.3 is 0 Å². The van der Waals surface area contributed by atoms with E-state index in [1.54, 1.807) is 0 Å². The maximum atomic E-state index is 7.15. The van der Waals surface area contributed by atoms with Gasteiger partial charge in [0.1, 0.15) is 11.2 Å². The number of rotatable bonds is 18. The van der Waals surface area contributed by atoms with Gasteiger partial charge in [0, 0.05) is 67.5 Å². The van der Waals surface area contributed by atoms with Crippen LogP contribution in [0.25, 0.3) is 122 Å². The van der Waals surface area contributed by atoms with Gasteiger partial charge in [0.2, 0.25) is 0 Å². The maximum Gasteiger partial charge on any atom is 0.143 e. The van der Waals surface area contributed by atoms with E-state index in [9.17, 15) is 0 Å². The molecule has 0 spiro atoms. The van der Waals surface area contributed by atoms with Gasteiger partial charge < -0.3 is 19.1 Å². The van der Waals surface area contributed by atoms with E-state index in [-0.39, 0.29) is 0 Å². The highest BCUT2D eigenvalue weighted by molar-refractivity contribution is 6.12. The first-order valence-electron chi connectivity index (χ1n) is 36.2. The summed E-state index contributed by atoms with van der Waals surface area (Å²) in [6.07, 6.45) is 0. The van der Waals surface area contributed by atoms with Crippen molar-refractivity contribution < 1.29 is 4.42 Å². The molecule has 17 aromatic carbocycles. The van der Waals surface area contributed by atoms with Crippen LogP contribution >= 0.6 is 0 Å². The molecule has 500 valence electrons. The molecule has 0 aliphatic carbocycles. The number of benzene rings is 17. The zero-order chi connectivity index (χ0) is 70.5. The van der Waals surface area contributed by atoms with Crippen molar-refractivity contribution in [2.75, 3.05) is 14.7 Å². The molecular formula is C102H71N3O. The molecule has 0 unspecified atom stereocenters. The van der Waals surface area contributed by atoms with Crippen LogP contribution in [0.3, 0.4) is 0 Å². The average Bonchev–Trinajstić information content (AvgIpc) is 1.58. The van der Waals surface area contributed by atoms with Crippen molar-refractivity contribution in [1.82, 2.24) is 0 Å². The molecule has 106 heavy (non-hydrogen) atoms. The van der Waals surface area contributed by atoms with Crippen LogP contribution in [0.15, 0.2) is 435 Å². The molecule has 0 amide bonds. The summed E-state index contributed by atoms with van der Waals surface area (Å²) in [7, 11) is 0. The van der Waals surface area contributed by atoms with Crippen molar-refractivity contribution >= 4 is 73.1 Å². The third-order valence-electron chi connectivity index (χ3n) is 20.3. The Hall–Kier alpha value is -14.1. The Labute approximate surface area is 619 Å². The van der Waals surface area contributed by atoms with Crippen molar-refractivity contribution in [3.05, 3.63) is 431 Å². The lowest BCUT2D eigenvalue weighted by molar-refractivity contribution is 0.670. The summed E-state index contributed by atoms with van der Waals surface area (Å²) in [4.78, 5) is 7.04.